The minimum absolute atomic E-state index is 0.254. The number of pyridine rings is 1. The Labute approximate surface area is 97.9 Å². The first-order valence-corrected chi connectivity index (χ1v) is 5.96. The highest BCUT2D eigenvalue weighted by molar-refractivity contribution is 5.44. The molecule has 0 spiro atoms. The van der Waals surface area contributed by atoms with Gasteiger partial charge in [-0.25, -0.2) is 0 Å². The van der Waals surface area contributed by atoms with Crippen molar-refractivity contribution >= 4 is 5.69 Å². The summed E-state index contributed by atoms with van der Waals surface area (Å²) in [5.41, 5.74) is 1.52. The smallest absolute Gasteiger partial charge is 0.0396 e. The van der Waals surface area contributed by atoms with Crippen molar-refractivity contribution in [2.75, 3.05) is 18.5 Å². The van der Waals surface area contributed by atoms with Gasteiger partial charge in [0.05, 0.1) is 0 Å². The standard InChI is InChI=1S/C13H21N3/c1-13(2)10-12(6-9-15-13)16(3)11-4-7-14-8-5-11/h4-5,7-8,12,15H,6,9-10H2,1-3H3. The second-order valence-electron chi connectivity index (χ2n) is 5.27. The summed E-state index contributed by atoms with van der Waals surface area (Å²) in [4.78, 5) is 6.44. The van der Waals surface area contributed by atoms with Gasteiger partial charge in [0.15, 0.2) is 0 Å². The first-order valence-electron chi connectivity index (χ1n) is 5.96. The number of aromatic nitrogens is 1. The maximum atomic E-state index is 4.06. The topological polar surface area (TPSA) is 28.2 Å². The molecule has 1 aliphatic heterocycles. The van der Waals surface area contributed by atoms with Gasteiger partial charge in [0.25, 0.3) is 0 Å². The number of anilines is 1. The molecule has 2 rings (SSSR count). The van der Waals surface area contributed by atoms with Gasteiger partial charge >= 0.3 is 0 Å². The average molecular weight is 219 g/mol. The number of rotatable bonds is 2. The molecule has 0 bridgehead atoms. The first-order chi connectivity index (χ1) is 7.58. The normalized spacial score (nSPS) is 24.1. The lowest BCUT2D eigenvalue weighted by Crippen LogP contribution is -2.52. The van der Waals surface area contributed by atoms with E-state index in [1.165, 1.54) is 18.5 Å². The minimum atomic E-state index is 0.254. The number of nitrogens with zero attached hydrogens (tertiary/aromatic N) is 2. The molecule has 16 heavy (non-hydrogen) atoms. The van der Waals surface area contributed by atoms with Crippen LogP contribution in [0.15, 0.2) is 24.5 Å². The molecule has 3 heteroatoms. The molecule has 1 N–H and O–H groups in total. The van der Waals surface area contributed by atoms with E-state index in [2.05, 4.69) is 48.2 Å². The van der Waals surface area contributed by atoms with E-state index in [1.807, 2.05) is 12.4 Å². The van der Waals surface area contributed by atoms with E-state index in [9.17, 15) is 0 Å². The third-order valence-corrected chi connectivity index (χ3v) is 3.44. The highest BCUT2D eigenvalue weighted by Crippen LogP contribution is 2.25. The summed E-state index contributed by atoms with van der Waals surface area (Å²) in [6.07, 6.45) is 6.12. The molecule has 0 saturated carbocycles. The van der Waals surface area contributed by atoms with Gasteiger partial charge in [0.1, 0.15) is 0 Å². The predicted molar refractivity (Wildman–Crippen MR) is 67.7 cm³/mol. The molecule has 1 atom stereocenters. The van der Waals surface area contributed by atoms with E-state index in [0.29, 0.717) is 6.04 Å². The van der Waals surface area contributed by atoms with Gasteiger partial charge in [-0.2, -0.15) is 0 Å². The summed E-state index contributed by atoms with van der Waals surface area (Å²) in [6.45, 7) is 5.66. The van der Waals surface area contributed by atoms with Crippen LogP contribution in [0.1, 0.15) is 26.7 Å². The van der Waals surface area contributed by atoms with Gasteiger partial charge in [-0.3, -0.25) is 4.98 Å². The quantitative estimate of drug-likeness (QED) is 0.825. The Morgan fingerprint density at radius 3 is 2.69 bits per heavy atom. The van der Waals surface area contributed by atoms with Crippen molar-refractivity contribution < 1.29 is 0 Å². The van der Waals surface area contributed by atoms with Crippen LogP contribution in [0.2, 0.25) is 0 Å². The molecule has 1 aromatic heterocycles. The van der Waals surface area contributed by atoms with E-state index in [0.717, 1.165) is 6.54 Å². The SMILES string of the molecule is CN(c1ccncc1)C1CCNC(C)(C)C1. The van der Waals surface area contributed by atoms with Crippen LogP contribution < -0.4 is 10.2 Å². The van der Waals surface area contributed by atoms with Crippen molar-refractivity contribution in [3.63, 3.8) is 0 Å². The zero-order valence-corrected chi connectivity index (χ0v) is 10.4. The zero-order valence-electron chi connectivity index (χ0n) is 10.4. The van der Waals surface area contributed by atoms with Crippen LogP contribution in [0.4, 0.5) is 5.69 Å². The molecule has 0 radical (unpaired) electrons. The van der Waals surface area contributed by atoms with Gasteiger partial charge in [-0.05, 0) is 45.4 Å². The largest absolute Gasteiger partial charge is 0.371 e. The molecule has 0 aliphatic carbocycles. The number of piperidine rings is 1. The maximum absolute atomic E-state index is 4.06. The number of nitrogens with one attached hydrogen (secondary N) is 1. The number of hydrogen-bond acceptors (Lipinski definition) is 3. The van der Waals surface area contributed by atoms with Gasteiger partial charge in [0, 0.05) is 36.7 Å². The molecule has 88 valence electrons. The highest BCUT2D eigenvalue weighted by atomic mass is 15.2. The second-order valence-corrected chi connectivity index (χ2v) is 5.27. The second kappa shape index (κ2) is 4.42. The number of hydrogen-bond donors (Lipinski definition) is 1. The first kappa shape index (κ1) is 11.4. The van der Waals surface area contributed by atoms with Crippen LogP contribution in [0, 0.1) is 0 Å². The van der Waals surface area contributed by atoms with E-state index >= 15 is 0 Å². The summed E-state index contributed by atoms with van der Waals surface area (Å²) in [6, 6.07) is 4.78. The molecule has 0 amide bonds. The molecular formula is C13H21N3. The lowest BCUT2D eigenvalue weighted by molar-refractivity contribution is 0.271. The van der Waals surface area contributed by atoms with Crippen LogP contribution in [-0.4, -0.2) is 30.2 Å². The van der Waals surface area contributed by atoms with Gasteiger partial charge in [-0.15, -0.1) is 0 Å². The molecule has 3 nitrogen and oxygen atoms in total. The Kier molecular flexibility index (Phi) is 3.15. The summed E-state index contributed by atoms with van der Waals surface area (Å²) >= 11 is 0. The predicted octanol–water partition coefficient (Wildman–Crippen LogP) is 2.05. The molecule has 1 fully saturated rings. The van der Waals surface area contributed by atoms with E-state index in [-0.39, 0.29) is 5.54 Å². The van der Waals surface area contributed by atoms with Crippen molar-refractivity contribution in [3.8, 4) is 0 Å². The Bertz CT molecular complexity index is 334. The molecule has 0 aromatic carbocycles. The maximum Gasteiger partial charge on any atom is 0.0396 e. The van der Waals surface area contributed by atoms with Gasteiger partial charge < -0.3 is 10.2 Å². The van der Waals surface area contributed by atoms with Crippen molar-refractivity contribution in [1.82, 2.24) is 10.3 Å². The molecule has 1 aromatic rings. The van der Waals surface area contributed by atoms with E-state index in [1.54, 1.807) is 0 Å². The van der Waals surface area contributed by atoms with Crippen LogP contribution in [0.25, 0.3) is 0 Å². The van der Waals surface area contributed by atoms with Crippen molar-refractivity contribution in [3.05, 3.63) is 24.5 Å². The van der Waals surface area contributed by atoms with Crippen LogP contribution in [-0.2, 0) is 0 Å². The van der Waals surface area contributed by atoms with Gasteiger partial charge in [-0.1, -0.05) is 0 Å². The summed E-state index contributed by atoms with van der Waals surface area (Å²) in [5, 5.41) is 3.56. The van der Waals surface area contributed by atoms with Gasteiger partial charge in [0.2, 0.25) is 0 Å². The van der Waals surface area contributed by atoms with Crippen molar-refractivity contribution in [2.45, 2.75) is 38.3 Å². The Balaban J connectivity index is 2.08. The van der Waals surface area contributed by atoms with E-state index < -0.39 is 0 Å². The van der Waals surface area contributed by atoms with Crippen LogP contribution in [0.5, 0.6) is 0 Å². The Morgan fingerprint density at radius 2 is 2.06 bits per heavy atom. The summed E-state index contributed by atoms with van der Waals surface area (Å²) in [5.74, 6) is 0. The highest BCUT2D eigenvalue weighted by Gasteiger charge is 2.29. The van der Waals surface area contributed by atoms with Crippen molar-refractivity contribution in [2.24, 2.45) is 0 Å². The molecule has 1 unspecified atom stereocenters. The van der Waals surface area contributed by atoms with Crippen LogP contribution in [0.3, 0.4) is 0 Å². The van der Waals surface area contributed by atoms with Crippen molar-refractivity contribution in [1.29, 1.82) is 0 Å². The fraction of sp³-hybridized carbons (Fsp3) is 0.615. The Hall–Kier alpha value is -1.09. The average Bonchev–Trinajstić information content (AvgIpc) is 2.28. The zero-order chi connectivity index (χ0) is 11.6. The minimum Gasteiger partial charge on any atom is -0.371 e. The molecule has 1 saturated heterocycles. The van der Waals surface area contributed by atoms with Crippen LogP contribution >= 0.6 is 0 Å². The Morgan fingerprint density at radius 1 is 1.38 bits per heavy atom. The monoisotopic (exact) mass is 219 g/mol. The fourth-order valence-corrected chi connectivity index (χ4v) is 2.46. The molecule has 1 aliphatic rings. The lowest BCUT2D eigenvalue weighted by Gasteiger charge is -2.41. The third-order valence-electron chi connectivity index (χ3n) is 3.44. The lowest BCUT2D eigenvalue weighted by atomic mass is 9.88. The van der Waals surface area contributed by atoms with E-state index in [4.69, 9.17) is 0 Å². The molecule has 2 heterocycles. The fourth-order valence-electron chi connectivity index (χ4n) is 2.46. The summed E-state index contributed by atoms with van der Waals surface area (Å²) < 4.78 is 0. The third kappa shape index (κ3) is 2.53. The molecular weight excluding hydrogens is 198 g/mol. The summed E-state index contributed by atoms with van der Waals surface area (Å²) in [7, 11) is 2.18.